The van der Waals surface area contributed by atoms with Gasteiger partial charge in [0.15, 0.2) is 9.84 Å². The maximum absolute atomic E-state index is 13.0. The summed E-state index contributed by atoms with van der Waals surface area (Å²) in [4.78, 5) is 23.2. The largest absolute Gasteiger partial charge is 0.340 e. The first-order chi connectivity index (χ1) is 12.8. The molecular weight excluding hydrogens is 364 g/mol. The summed E-state index contributed by atoms with van der Waals surface area (Å²) in [6.07, 6.45) is 0.473. The average molecular weight is 388 g/mol. The Kier molecular flexibility index (Phi) is 5.46. The van der Waals surface area contributed by atoms with Crippen LogP contribution < -0.4 is 5.32 Å². The van der Waals surface area contributed by atoms with Gasteiger partial charge in [-0.05, 0) is 44.9 Å². The lowest BCUT2D eigenvalue weighted by Gasteiger charge is -2.26. The molecule has 1 fully saturated rings. The molecule has 1 unspecified atom stereocenters. The molecule has 2 heterocycles. The molecule has 1 aliphatic rings. The summed E-state index contributed by atoms with van der Waals surface area (Å²) in [5, 5.41) is 3.20. The van der Waals surface area contributed by atoms with Gasteiger partial charge in [0.1, 0.15) is 17.3 Å². The van der Waals surface area contributed by atoms with Gasteiger partial charge in [-0.1, -0.05) is 12.1 Å². The first kappa shape index (κ1) is 19.3. The number of benzene rings is 1. The van der Waals surface area contributed by atoms with Gasteiger partial charge < -0.3 is 10.2 Å². The number of anilines is 2. The molecule has 1 aromatic carbocycles. The van der Waals surface area contributed by atoms with Gasteiger partial charge in [-0.2, -0.15) is 0 Å². The predicted octanol–water partition coefficient (Wildman–Crippen LogP) is 2.49. The van der Waals surface area contributed by atoms with Crippen molar-refractivity contribution in [3.8, 4) is 0 Å². The maximum atomic E-state index is 13.0. The number of carbonyl (C=O) groups excluding carboxylic acids is 1. The minimum Gasteiger partial charge on any atom is -0.340 e. The van der Waals surface area contributed by atoms with E-state index in [4.69, 9.17) is 0 Å². The van der Waals surface area contributed by atoms with Gasteiger partial charge in [-0.3, -0.25) is 4.79 Å². The number of aryl methyl sites for hydroxylation is 2. The van der Waals surface area contributed by atoms with Crippen LogP contribution in [0.4, 0.5) is 11.5 Å². The van der Waals surface area contributed by atoms with Crippen LogP contribution in [0.25, 0.3) is 0 Å². The molecule has 0 saturated carbocycles. The third kappa shape index (κ3) is 4.63. The second-order valence-corrected chi connectivity index (χ2v) is 9.06. The molecule has 0 spiro atoms. The lowest BCUT2D eigenvalue weighted by molar-refractivity contribution is 0.0702. The van der Waals surface area contributed by atoms with Crippen LogP contribution in [0.2, 0.25) is 0 Å². The van der Waals surface area contributed by atoms with Crippen LogP contribution in [-0.2, 0) is 9.84 Å². The Morgan fingerprint density at radius 1 is 1.26 bits per heavy atom. The Hall–Kier alpha value is -2.48. The highest BCUT2D eigenvalue weighted by molar-refractivity contribution is 7.91. The summed E-state index contributed by atoms with van der Waals surface area (Å²) in [7, 11) is -3.07. The van der Waals surface area contributed by atoms with Crippen LogP contribution in [0.5, 0.6) is 0 Å². The van der Waals surface area contributed by atoms with Gasteiger partial charge in [0.05, 0.1) is 11.5 Å². The Morgan fingerprint density at radius 3 is 2.67 bits per heavy atom. The molecule has 0 radical (unpaired) electrons. The molecule has 1 N–H and O–H groups in total. The van der Waals surface area contributed by atoms with Crippen LogP contribution >= 0.6 is 0 Å². The van der Waals surface area contributed by atoms with Gasteiger partial charge in [0.25, 0.3) is 5.91 Å². The molecule has 27 heavy (non-hydrogen) atoms. The van der Waals surface area contributed by atoms with Crippen LogP contribution in [0.3, 0.4) is 0 Å². The van der Waals surface area contributed by atoms with E-state index in [0.29, 0.717) is 24.6 Å². The molecule has 2 aromatic rings. The highest BCUT2D eigenvalue weighted by atomic mass is 32.2. The van der Waals surface area contributed by atoms with E-state index in [1.54, 1.807) is 17.9 Å². The number of nitrogens with zero attached hydrogens (tertiary/aromatic N) is 3. The molecule has 1 aromatic heterocycles. The van der Waals surface area contributed by atoms with E-state index in [1.165, 1.54) is 0 Å². The number of aromatic nitrogens is 2. The first-order valence-corrected chi connectivity index (χ1v) is 10.8. The SMILES string of the molecule is CCN(C(=O)c1cc(Nc2cccc(C)c2)nc(C)n1)C1CCS(=O)(=O)C1. The Morgan fingerprint density at radius 2 is 2.04 bits per heavy atom. The van der Waals surface area contributed by atoms with E-state index in [0.717, 1.165) is 11.3 Å². The molecule has 3 rings (SSSR count). The molecule has 144 valence electrons. The maximum Gasteiger partial charge on any atom is 0.272 e. The van der Waals surface area contributed by atoms with E-state index >= 15 is 0 Å². The molecule has 0 bridgehead atoms. The molecule has 7 nitrogen and oxygen atoms in total. The van der Waals surface area contributed by atoms with Gasteiger partial charge >= 0.3 is 0 Å². The van der Waals surface area contributed by atoms with Crippen LogP contribution in [-0.4, -0.2) is 53.3 Å². The third-order valence-corrected chi connectivity index (χ3v) is 6.35. The summed E-state index contributed by atoms with van der Waals surface area (Å²) in [5.41, 5.74) is 2.26. The number of hydrogen-bond acceptors (Lipinski definition) is 6. The van der Waals surface area contributed by atoms with Crippen molar-refractivity contribution in [3.05, 3.63) is 47.4 Å². The Bertz CT molecular complexity index is 959. The smallest absolute Gasteiger partial charge is 0.272 e. The summed E-state index contributed by atoms with van der Waals surface area (Å²) in [5.74, 6) is 0.894. The summed E-state index contributed by atoms with van der Waals surface area (Å²) >= 11 is 0. The molecule has 1 saturated heterocycles. The van der Waals surface area contributed by atoms with Crippen LogP contribution in [0.1, 0.15) is 35.2 Å². The number of sulfone groups is 1. The van der Waals surface area contributed by atoms with Crippen LogP contribution in [0, 0.1) is 13.8 Å². The summed E-state index contributed by atoms with van der Waals surface area (Å²) in [6, 6.07) is 9.17. The van der Waals surface area contributed by atoms with E-state index in [1.807, 2.05) is 38.1 Å². The molecule has 1 amide bonds. The Labute approximate surface area is 159 Å². The highest BCUT2D eigenvalue weighted by Crippen LogP contribution is 2.21. The zero-order valence-electron chi connectivity index (χ0n) is 15.8. The number of hydrogen-bond donors (Lipinski definition) is 1. The van der Waals surface area contributed by atoms with Crippen LogP contribution in [0.15, 0.2) is 30.3 Å². The third-order valence-electron chi connectivity index (χ3n) is 4.60. The number of rotatable bonds is 5. The minimum atomic E-state index is -3.07. The number of carbonyl (C=O) groups is 1. The van der Waals surface area contributed by atoms with Crippen molar-refractivity contribution in [2.45, 2.75) is 33.2 Å². The molecule has 8 heteroatoms. The predicted molar refractivity (Wildman–Crippen MR) is 105 cm³/mol. The van der Waals surface area contributed by atoms with Crippen molar-refractivity contribution < 1.29 is 13.2 Å². The second kappa shape index (κ2) is 7.64. The van der Waals surface area contributed by atoms with Crippen molar-refractivity contribution in [1.82, 2.24) is 14.9 Å². The molecule has 1 atom stereocenters. The van der Waals surface area contributed by atoms with Gasteiger partial charge in [0.2, 0.25) is 0 Å². The Balaban J connectivity index is 1.85. The molecule has 1 aliphatic heterocycles. The van der Waals surface area contributed by atoms with Crippen molar-refractivity contribution in [2.24, 2.45) is 0 Å². The fourth-order valence-electron chi connectivity index (χ4n) is 3.35. The summed E-state index contributed by atoms with van der Waals surface area (Å²) < 4.78 is 23.6. The molecule has 0 aliphatic carbocycles. The fourth-order valence-corrected chi connectivity index (χ4v) is 5.08. The lowest BCUT2D eigenvalue weighted by Crippen LogP contribution is -2.41. The van der Waals surface area contributed by atoms with Crippen molar-refractivity contribution in [3.63, 3.8) is 0 Å². The normalized spacial score (nSPS) is 18.3. The topological polar surface area (TPSA) is 92.3 Å². The highest BCUT2D eigenvalue weighted by Gasteiger charge is 2.34. The van der Waals surface area contributed by atoms with E-state index < -0.39 is 9.84 Å². The molecular formula is C19H24N4O3S. The number of amides is 1. The second-order valence-electron chi connectivity index (χ2n) is 6.83. The van der Waals surface area contributed by atoms with E-state index in [9.17, 15) is 13.2 Å². The zero-order chi connectivity index (χ0) is 19.6. The first-order valence-electron chi connectivity index (χ1n) is 8.98. The standard InChI is InChI=1S/C19H24N4O3S/c1-4-23(16-8-9-27(25,26)12-16)19(24)17-11-18(21-14(3)20-17)22-15-7-5-6-13(2)10-15/h5-7,10-11,16H,4,8-9,12H2,1-3H3,(H,20,21,22). The van der Waals surface area contributed by atoms with Crippen molar-refractivity contribution >= 4 is 27.2 Å². The van der Waals surface area contributed by atoms with Crippen molar-refractivity contribution in [2.75, 3.05) is 23.4 Å². The van der Waals surface area contributed by atoms with Gasteiger partial charge in [0, 0.05) is 24.3 Å². The number of nitrogens with one attached hydrogen (secondary N) is 1. The van der Waals surface area contributed by atoms with Gasteiger partial charge in [-0.25, -0.2) is 18.4 Å². The fraction of sp³-hybridized carbons (Fsp3) is 0.421. The summed E-state index contributed by atoms with van der Waals surface area (Å²) in [6.45, 7) is 6.01. The van der Waals surface area contributed by atoms with E-state index in [-0.39, 0.29) is 29.1 Å². The quantitative estimate of drug-likeness (QED) is 0.846. The average Bonchev–Trinajstić information content (AvgIpc) is 2.94. The van der Waals surface area contributed by atoms with Gasteiger partial charge in [-0.15, -0.1) is 0 Å². The van der Waals surface area contributed by atoms with Crippen molar-refractivity contribution in [1.29, 1.82) is 0 Å². The lowest BCUT2D eigenvalue weighted by atomic mass is 10.2. The minimum absolute atomic E-state index is 0.0189. The zero-order valence-corrected chi connectivity index (χ0v) is 16.6. The van der Waals surface area contributed by atoms with E-state index in [2.05, 4.69) is 15.3 Å². The monoisotopic (exact) mass is 388 g/mol.